The molecular formula is C22H30N4O3. The Kier molecular flexibility index (Phi) is 6.21. The predicted molar refractivity (Wildman–Crippen MR) is 115 cm³/mol. The zero-order chi connectivity index (χ0) is 21.9. The Morgan fingerprint density at radius 2 is 1.76 bits per heavy atom. The number of carboxylic acid groups (broad SMARTS) is 1. The molecule has 0 aromatic heterocycles. The van der Waals surface area contributed by atoms with Gasteiger partial charge in [0.15, 0.2) is 5.96 Å². The van der Waals surface area contributed by atoms with Crippen molar-refractivity contribution >= 4 is 23.5 Å². The zero-order valence-electron chi connectivity index (χ0n) is 17.4. The summed E-state index contributed by atoms with van der Waals surface area (Å²) in [6, 6.07) is 6.72. The molecule has 0 saturated carbocycles. The molecule has 1 aromatic rings. The maximum Gasteiger partial charge on any atom is 0.303 e. The summed E-state index contributed by atoms with van der Waals surface area (Å²) in [6.45, 7) is 8.14. The fourth-order valence-corrected chi connectivity index (χ4v) is 3.38. The van der Waals surface area contributed by atoms with Crippen molar-refractivity contribution in [1.29, 1.82) is 0 Å². The highest BCUT2D eigenvalue weighted by Crippen LogP contribution is 2.47. The number of amides is 1. The lowest BCUT2D eigenvalue weighted by atomic mass is 9.61. The summed E-state index contributed by atoms with van der Waals surface area (Å²) in [7, 11) is 0. The number of carbonyl (C=O) groups is 2. The van der Waals surface area contributed by atoms with Crippen LogP contribution in [0.25, 0.3) is 0 Å². The average molecular weight is 399 g/mol. The summed E-state index contributed by atoms with van der Waals surface area (Å²) >= 11 is 0. The van der Waals surface area contributed by atoms with Crippen LogP contribution in [0.3, 0.4) is 0 Å². The number of guanidine groups is 1. The minimum absolute atomic E-state index is 0.0760. The maximum atomic E-state index is 12.8. The van der Waals surface area contributed by atoms with Gasteiger partial charge < -0.3 is 21.9 Å². The molecule has 1 aromatic carbocycles. The Bertz CT molecular complexity index is 860. The van der Waals surface area contributed by atoms with Gasteiger partial charge in [0.2, 0.25) is 0 Å². The third-order valence-corrected chi connectivity index (χ3v) is 5.35. The number of hydrogen-bond donors (Lipinski definition) is 4. The summed E-state index contributed by atoms with van der Waals surface area (Å²) in [6.07, 6.45) is 8.46. The van der Waals surface area contributed by atoms with E-state index in [2.05, 4.69) is 31.1 Å². The lowest BCUT2D eigenvalue weighted by molar-refractivity contribution is -0.137. The van der Waals surface area contributed by atoms with E-state index in [4.69, 9.17) is 16.6 Å². The first kappa shape index (κ1) is 22.2. The number of nitrogens with zero attached hydrogens (tertiary/aromatic N) is 1. The first-order valence-corrected chi connectivity index (χ1v) is 9.51. The number of aliphatic carboxylic acids is 1. The smallest absolute Gasteiger partial charge is 0.303 e. The van der Waals surface area contributed by atoms with Crippen LogP contribution in [0.15, 0.2) is 53.6 Å². The Balaban J connectivity index is 2.22. The SMILES string of the molecule is CC1(NC(=O)c2cccc(N=C(N)N)c2)C=CC(CCC(=O)O)(C(C)(C)C)C=C1. The fourth-order valence-electron chi connectivity index (χ4n) is 3.38. The van der Waals surface area contributed by atoms with Crippen LogP contribution in [-0.2, 0) is 4.79 Å². The molecule has 1 amide bonds. The molecule has 0 heterocycles. The highest BCUT2D eigenvalue weighted by atomic mass is 16.4. The number of rotatable bonds is 6. The molecule has 0 atom stereocenters. The molecule has 1 aliphatic rings. The number of hydrogen-bond acceptors (Lipinski definition) is 3. The molecule has 0 unspecified atom stereocenters. The molecule has 0 spiro atoms. The highest BCUT2D eigenvalue weighted by molar-refractivity contribution is 5.96. The van der Waals surface area contributed by atoms with Crippen molar-refractivity contribution in [3.8, 4) is 0 Å². The first-order chi connectivity index (χ1) is 13.4. The summed E-state index contributed by atoms with van der Waals surface area (Å²) in [4.78, 5) is 27.8. The van der Waals surface area contributed by atoms with Crippen molar-refractivity contribution < 1.29 is 14.7 Å². The van der Waals surface area contributed by atoms with E-state index in [-0.39, 0.29) is 23.7 Å². The van der Waals surface area contributed by atoms with Gasteiger partial charge in [0.1, 0.15) is 0 Å². The van der Waals surface area contributed by atoms with Gasteiger partial charge in [-0.3, -0.25) is 9.59 Å². The quantitative estimate of drug-likeness (QED) is 0.332. The van der Waals surface area contributed by atoms with Gasteiger partial charge in [0.05, 0.1) is 11.2 Å². The van der Waals surface area contributed by atoms with Crippen LogP contribution in [0.2, 0.25) is 0 Å². The van der Waals surface area contributed by atoms with E-state index in [9.17, 15) is 9.59 Å². The predicted octanol–water partition coefficient (Wildman–Crippen LogP) is 3.10. The van der Waals surface area contributed by atoms with Crippen molar-refractivity contribution in [2.45, 2.75) is 46.1 Å². The number of allylic oxidation sites excluding steroid dienone is 2. The van der Waals surface area contributed by atoms with E-state index < -0.39 is 16.9 Å². The van der Waals surface area contributed by atoms with Gasteiger partial charge in [-0.15, -0.1) is 0 Å². The topological polar surface area (TPSA) is 131 Å². The molecule has 6 N–H and O–H groups in total. The van der Waals surface area contributed by atoms with Crippen molar-refractivity contribution in [2.75, 3.05) is 0 Å². The number of nitrogens with one attached hydrogen (secondary N) is 1. The van der Waals surface area contributed by atoms with Crippen LogP contribution in [0.5, 0.6) is 0 Å². The molecule has 0 bridgehead atoms. The monoisotopic (exact) mass is 398 g/mol. The molecule has 0 saturated heterocycles. The van der Waals surface area contributed by atoms with Crippen molar-refractivity contribution in [3.63, 3.8) is 0 Å². The van der Waals surface area contributed by atoms with Crippen LogP contribution < -0.4 is 16.8 Å². The number of carboxylic acids is 1. The van der Waals surface area contributed by atoms with E-state index in [0.29, 0.717) is 17.7 Å². The number of nitrogens with two attached hydrogens (primary N) is 2. The van der Waals surface area contributed by atoms with E-state index in [1.165, 1.54) is 0 Å². The van der Waals surface area contributed by atoms with E-state index in [1.54, 1.807) is 24.3 Å². The van der Waals surface area contributed by atoms with Gasteiger partial charge in [-0.1, -0.05) is 51.1 Å². The van der Waals surface area contributed by atoms with E-state index in [1.807, 2.05) is 31.2 Å². The van der Waals surface area contributed by atoms with Crippen LogP contribution in [0.4, 0.5) is 5.69 Å². The number of benzene rings is 1. The lowest BCUT2D eigenvalue weighted by Gasteiger charge is -2.44. The Hall–Kier alpha value is -3.09. The summed E-state index contributed by atoms with van der Waals surface area (Å²) in [5, 5.41) is 12.1. The molecular weight excluding hydrogens is 368 g/mol. The van der Waals surface area contributed by atoms with Crippen LogP contribution >= 0.6 is 0 Å². The van der Waals surface area contributed by atoms with Gasteiger partial charge in [-0.2, -0.15) is 0 Å². The maximum absolute atomic E-state index is 12.8. The van der Waals surface area contributed by atoms with Gasteiger partial charge >= 0.3 is 5.97 Å². The molecule has 0 fully saturated rings. The molecule has 156 valence electrons. The highest BCUT2D eigenvalue weighted by Gasteiger charge is 2.41. The Labute approximate surface area is 171 Å². The van der Waals surface area contributed by atoms with Crippen molar-refractivity contribution in [3.05, 3.63) is 54.1 Å². The van der Waals surface area contributed by atoms with Gasteiger partial charge in [-0.05, 0) is 37.0 Å². The van der Waals surface area contributed by atoms with Crippen molar-refractivity contribution in [1.82, 2.24) is 5.32 Å². The van der Waals surface area contributed by atoms with Crippen LogP contribution in [0.1, 0.15) is 50.9 Å². The summed E-state index contributed by atoms with van der Waals surface area (Å²) < 4.78 is 0. The first-order valence-electron chi connectivity index (χ1n) is 9.51. The molecule has 0 aliphatic heterocycles. The number of carbonyl (C=O) groups excluding carboxylic acids is 1. The second-order valence-corrected chi connectivity index (χ2v) is 8.67. The van der Waals surface area contributed by atoms with Gasteiger partial charge in [0.25, 0.3) is 5.91 Å². The Morgan fingerprint density at radius 1 is 1.14 bits per heavy atom. The van der Waals surface area contributed by atoms with Crippen molar-refractivity contribution in [2.24, 2.45) is 27.3 Å². The molecule has 7 heteroatoms. The molecule has 0 radical (unpaired) electrons. The average Bonchev–Trinajstić information content (AvgIpc) is 2.60. The van der Waals surface area contributed by atoms with Gasteiger partial charge in [-0.25, -0.2) is 4.99 Å². The largest absolute Gasteiger partial charge is 0.481 e. The molecule has 1 aliphatic carbocycles. The normalized spacial score (nSPS) is 23.4. The number of aliphatic imine (C=N–C) groups is 1. The second-order valence-electron chi connectivity index (χ2n) is 8.67. The summed E-state index contributed by atoms with van der Waals surface area (Å²) in [5.74, 6) is -1.16. The van der Waals surface area contributed by atoms with E-state index in [0.717, 1.165) is 0 Å². The van der Waals surface area contributed by atoms with E-state index >= 15 is 0 Å². The standard InChI is InChI=1S/C22H30N4O3/c1-20(2,3)22(9-8-17(27)28)12-10-21(4,11-13-22)26-18(29)15-6-5-7-16(14-15)25-19(23)24/h5-7,10-14H,8-9H2,1-4H3,(H,26,29)(H,27,28)(H4,23,24,25). The zero-order valence-corrected chi connectivity index (χ0v) is 17.4. The molecule has 7 nitrogen and oxygen atoms in total. The van der Waals surface area contributed by atoms with Crippen LogP contribution in [-0.4, -0.2) is 28.5 Å². The second kappa shape index (κ2) is 8.11. The summed E-state index contributed by atoms with van der Waals surface area (Å²) in [5.41, 5.74) is 10.5. The van der Waals surface area contributed by atoms with Gasteiger partial charge in [0, 0.05) is 17.4 Å². The van der Waals surface area contributed by atoms with Crippen LogP contribution in [0, 0.1) is 10.8 Å². The lowest BCUT2D eigenvalue weighted by Crippen LogP contribution is -2.46. The molecule has 2 rings (SSSR count). The Morgan fingerprint density at radius 3 is 2.28 bits per heavy atom. The third-order valence-electron chi connectivity index (χ3n) is 5.35. The third kappa shape index (κ3) is 5.47. The molecule has 29 heavy (non-hydrogen) atoms. The fraction of sp³-hybridized carbons (Fsp3) is 0.409. The minimum Gasteiger partial charge on any atom is -0.481 e. The minimum atomic E-state index is -0.822.